The van der Waals surface area contributed by atoms with Crippen LogP contribution in [0.4, 0.5) is 0 Å². The van der Waals surface area contributed by atoms with Crippen molar-refractivity contribution in [3.05, 3.63) is 34.9 Å². The molecule has 0 spiro atoms. The minimum atomic E-state index is -3.38. The van der Waals surface area contributed by atoms with Crippen molar-refractivity contribution in [3.63, 3.8) is 0 Å². The molecule has 0 bridgehead atoms. The van der Waals surface area contributed by atoms with Crippen LogP contribution in [0.25, 0.3) is 0 Å². The molecule has 2 rings (SSSR count). The summed E-state index contributed by atoms with van der Waals surface area (Å²) in [6.45, 7) is 1.09. The van der Waals surface area contributed by atoms with Gasteiger partial charge in [0.25, 0.3) is 0 Å². The molecule has 1 aromatic rings. The van der Waals surface area contributed by atoms with E-state index in [4.69, 9.17) is 11.6 Å². The molecule has 0 aliphatic heterocycles. The number of sulfone groups is 1. The molecular weight excluding hydrogens is 286 g/mol. The van der Waals surface area contributed by atoms with Crippen LogP contribution in [0.3, 0.4) is 0 Å². The lowest BCUT2D eigenvalue weighted by Gasteiger charge is -2.03. The standard InChI is InChI=1S/C13H14ClNO3S/c1-2-19(17,18)12-11(13(12,7-15)8-16)9-3-5-10(14)6-4-9/h3-6,11-12,16H,2,8H2,1H3/t11-,12-,13-/m1/s1. The summed E-state index contributed by atoms with van der Waals surface area (Å²) < 4.78 is 24.1. The Hall–Kier alpha value is -1.09. The van der Waals surface area contributed by atoms with E-state index in [1.807, 2.05) is 6.07 Å². The molecule has 4 nitrogen and oxygen atoms in total. The van der Waals surface area contributed by atoms with E-state index < -0.39 is 33.0 Å². The SMILES string of the molecule is CCS(=O)(=O)[C@@H]1[C@@H](c2ccc(Cl)cc2)[C@@]1(C#N)CO. The van der Waals surface area contributed by atoms with Crippen LogP contribution in [0.2, 0.25) is 5.02 Å². The number of halogens is 1. The van der Waals surface area contributed by atoms with Crippen LogP contribution >= 0.6 is 11.6 Å². The summed E-state index contributed by atoms with van der Waals surface area (Å²) in [7, 11) is -3.38. The summed E-state index contributed by atoms with van der Waals surface area (Å²) in [5, 5.41) is 18.4. The average Bonchev–Trinajstić information content (AvgIpc) is 3.10. The summed E-state index contributed by atoms with van der Waals surface area (Å²) in [5.74, 6) is -0.518. The molecule has 3 atom stereocenters. The van der Waals surface area contributed by atoms with E-state index in [1.54, 1.807) is 31.2 Å². The molecule has 1 N–H and O–H groups in total. The fraction of sp³-hybridized carbons (Fsp3) is 0.462. The van der Waals surface area contributed by atoms with Crippen LogP contribution < -0.4 is 0 Å². The molecule has 6 heteroatoms. The molecule has 1 aliphatic rings. The quantitative estimate of drug-likeness (QED) is 0.918. The number of rotatable bonds is 4. The van der Waals surface area contributed by atoms with Crippen LogP contribution in [0, 0.1) is 16.7 Å². The van der Waals surface area contributed by atoms with Gasteiger partial charge in [0, 0.05) is 16.7 Å². The lowest BCUT2D eigenvalue weighted by Crippen LogP contribution is -2.19. The molecular formula is C13H14ClNO3S. The lowest BCUT2D eigenvalue weighted by atomic mass is 10.0. The smallest absolute Gasteiger partial charge is 0.155 e. The largest absolute Gasteiger partial charge is 0.395 e. The van der Waals surface area contributed by atoms with Crippen LogP contribution in [-0.2, 0) is 9.84 Å². The summed E-state index contributed by atoms with van der Waals surface area (Å²) >= 11 is 5.80. The number of aliphatic hydroxyl groups excluding tert-OH is 1. The monoisotopic (exact) mass is 299 g/mol. The van der Waals surface area contributed by atoms with E-state index >= 15 is 0 Å². The van der Waals surface area contributed by atoms with Crippen LogP contribution in [0.1, 0.15) is 18.4 Å². The molecule has 0 amide bonds. The summed E-state index contributed by atoms with van der Waals surface area (Å²) in [6.07, 6.45) is 0. The van der Waals surface area contributed by atoms with Gasteiger partial charge in [-0.15, -0.1) is 0 Å². The van der Waals surface area contributed by atoms with Crippen molar-refractivity contribution in [1.29, 1.82) is 5.26 Å². The van der Waals surface area contributed by atoms with Gasteiger partial charge >= 0.3 is 0 Å². The highest BCUT2D eigenvalue weighted by Gasteiger charge is 2.71. The van der Waals surface area contributed by atoms with Gasteiger partial charge in [-0.3, -0.25) is 0 Å². The second-order valence-corrected chi connectivity index (χ2v) is 7.56. The predicted octanol–water partition coefficient (Wildman–Crippen LogP) is 1.74. The van der Waals surface area contributed by atoms with Crippen molar-refractivity contribution in [2.75, 3.05) is 12.4 Å². The van der Waals surface area contributed by atoms with Crippen molar-refractivity contribution >= 4 is 21.4 Å². The molecule has 0 unspecified atom stereocenters. The molecule has 1 aliphatic carbocycles. The van der Waals surface area contributed by atoms with E-state index in [1.165, 1.54) is 0 Å². The molecule has 1 saturated carbocycles. The van der Waals surface area contributed by atoms with Gasteiger partial charge in [0.2, 0.25) is 0 Å². The molecule has 102 valence electrons. The number of benzene rings is 1. The topological polar surface area (TPSA) is 78.2 Å². The minimum Gasteiger partial charge on any atom is -0.395 e. The Labute approximate surface area is 117 Å². The molecule has 1 aromatic carbocycles. The fourth-order valence-corrected chi connectivity index (χ4v) is 4.75. The first-order valence-electron chi connectivity index (χ1n) is 5.92. The third kappa shape index (κ3) is 2.14. The van der Waals surface area contributed by atoms with E-state index in [2.05, 4.69) is 0 Å². The van der Waals surface area contributed by atoms with Crippen molar-refractivity contribution < 1.29 is 13.5 Å². The zero-order valence-electron chi connectivity index (χ0n) is 10.4. The Morgan fingerprint density at radius 1 is 1.42 bits per heavy atom. The Morgan fingerprint density at radius 2 is 2.00 bits per heavy atom. The van der Waals surface area contributed by atoms with Crippen molar-refractivity contribution in [3.8, 4) is 6.07 Å². The maximum atomic E-state index is 12.1. The Morgan fingerprint density at radius 3 is 2.42 bits per heavy atom. The van der Waals surface area contributed by atoms with Crippen molar-refractivity contribution in [2.45, 2.75) is 18.1 Å². The van der Waals surface area contributed by atoms with E-state index in [0.29, 0.717) is 5.02 Å². The van der Waals surface area contributed by atoms with Gasteiger partial charge in [0.1, 0.15) is 5.41 Å². The molecule has 0 saturated heterocycles. The van der Waals surface area contributed by atoms with Crippen LogP contribution in [0.5, 0.6) is 0 Å². The van der Waals surface area contributed by atoms with Gasteiger partial charge in [-0.1, -0.05) is 30.7 Å². The fourth-order valence-electron chi connectivity index (χ4n) is 2.61. The van der Waals surface area contributed by atoms with Crippen molar-refractivity contribution in [1.82, 2.24) is 0 Å². The highest BCUT2D eigenvalue weighted by atomic mass is 35.5. The number of aliphatic hydroxyl groups is 1. The number of hydrogen-bond acceptors (Lipinski definition) is 4. The van der Waals surface area contributed by atoms with Gasteiger partial charge in [-0.25, -0.2) is 8.42 Å². The Balaban J connectivity index is 2.46. The Bertz CT molecular complexity index is 620. The highest BCUT2D eigenvalue weighted by molar-refractivity contribution is 7.92. The summed E-state index contributed by atoms with van der Waals surface area (Å²) in [4.78, 5) is 0. The van der Waals surface area contributed by atoms with Gasteiger partial charge in [-0.2, -0.15) is 5.26 Å². The molecule has 0 heterocycles. The highest BCUT2D eigenvalue weighted by Crippen LogP contribution is 2.62. The van der Waals surface area contributed by atoms with E-state index in [9.17, 15) is 18.8 Å². The average molecular weight is 300 g/mol. The Kier molecular flexibility index (Phi) is 3.61. The second kappa shape index (κ2) is 4.78. The van der Waals surface area contributed by atoms with Crippen LogP contribution in [0.15, 0.2) is 24.3 Å². The zero-order valence-corrected chi connectivity index (χ0v) is 11.9. The molecule has 19 heavy (non-hydrogen) atoms. The maximum absolute atomic E-state index is 12.1. The molecule has 0 aromatic heterocycles. The predicted molar refractivity (Wildman–Crippen MR) is 72.6 cm³/mol. The van der Waals surface area contributed by atoms with Gasteiger partial charge < -0.3 is 5.11 Å². The molecule has 0 radical (unpaired) electrons. The van der Waals surface area contributed by atoms with Gasteiger partial charge in [0.05, 0.1) is 17.9 Å². The van der Waals surface area contributed by atoms with Crippen LogP contribution in [-0.4, -0.2) is 31.1 Å². The zero-order chi connectivity index (χ0) is 14.3. The number of nitrogens with zero attached hydrogens (tertiary/aromatic N) is 1. The summed E-state index contributed by atoms with van der Waals surface area (Å²) in [5.41, 5.74) is -0.495. The third-order valence-electron chi connectivity index (χ3n) is 3.74. The first-order valence-corrected chi connectivity index (χ1v) is 8.01. The third-order valence-corrected chi connectivity index (χ3v) is 6.27. The molecule has 1 fully saturated rings. The van der Waals surface area contributed by atoms with E-state index in [0.717, 1.165) is 5.56 Å². The maximum Gasteiger partial charge on any atom is 0.155 e. The summed E-state index contributed by atoms with van der Waals surface area (Å²) in [6, 6.07) is 8.72. The normalized spacial score (nSPS) is 29.8. The first-order chi connectivity index (χ1) is 8.93. The lowest BCUT2D eigenvalue weighted by molar-refractivity contribution is 0.242. The number of hydrogen-bond donors (Lipinski definition) is 1. The first kappa shape index (κ1) is 14.3. The van der Waals surface area contributed by atoms with Gasteiger partial charge in [0.15, 0.2) is 9.84 Å². The number of nitriles is 1. The van der Waals surface area contributed by atoms with E-state index in [-0.39, 0.29) is 5.75 Å². The van der Waals surface area contributed by atoms with Gasteiger partial charge in [-0.05, 0) is 17.7 Å². The second-order valence-electron chi connectivity index (χ2n) is 4.71. The van der Waals surface area contributed by atoms with Crippen molar-refractivity contribution in [2.24, 2.45) is 5.41 Å². The minimum absolute atomic E-state index is 0.0365.